The van der Waals surface area contributed by atoms with Crippen LogP contribution in [0.4, 0.5) is 0 Å². The zero-order valence-electron chi connectivity index (χ0n) is 18.4. The van der Waals surface area contributed by atoms with E-state index in [1.54, 1.807) is 0 Å². The van der Waals surface area contributed by atoms with Crippen LogP contribution in [-0.4, -0.2) is 47.0 Å². The fourth-order valence-corrected chi connectivity index (χ4v) is 4.00. The van der Waals surface area contributed by atoms with E-state index >= 15 is 0 Å². The van der Waals surface area contributed by atoms with Crippen molar-refractivity contribution >= 4 is 5.91 Å². The Hall–Kier alpha value is -3.12. The smallest absolute Gasteiger partial charge is 0.276 e. The van der Waals surface area contributed by atoms with Crippen LogP contribution in [0.1, 0.15) is 38.5 Å². The maximum absolute atomic E-state index is 13.2. The summed E-state index contributed by atoms with van der Waals surface area (Å²) in [6.45, 7) is 10.1. The second-order valence-electron chi connectivity index (χ2n) is 8.13. The highest BCUT2D eigenvalue weighted by Crippen LogP contribution is 2.25. The van der Waals surface area contributed by atoms with Gasteiger partial charge in [0, 0.05) is 32.7 Å². The topological polar surface area (TPSA) is 58.8 Å². The third kappa shape index (κ3) is 4.80. The molecule has 6 heteroatoms. The summed E-state index contributed by atoms with van der Waals surface area (Å²) in [6, 6.07) is 16.5. The van der Waals surface area contributed by atoms with Gasteiger partial charge in [0.1, 0.15) is 18.1 Å². The van der Waals surface area contributed by atoms with Gasteiger partial charge in [-0.2, -0.15) is 0 Å². The van der Waals surface area contributed by atoms with Gasteiger partial charge < -0.3 is 14.2 Å². The summed E-state index contributed by atoms with van der Waals surface area (Å²) in [7, 11) is 0. The van der Waals surface area contributed by atoms with Crippen molar-refractivity contribution in [3.05, 3.63) is 82.2 Å². The number of hydrogen-bond donors (Lipinski definition) is 0. The highest BCUT2D eigenvalue weighted by atomic mass is 16.5. The van der Waals surface area contributed by atoms with Crippen molar-refractivity contribution in [2.24, 2.45) is 0 Å². The van der Waals surface area contributed by atoms with Crippen LogP contribution in [0.2, 0.25) is 0 Å². The minimum absolute atomic E-state index is 0.0867. The summed E-state index contributed by atoms with van der Waals surface area (Å²) >= 11 is 0. The molecule has 31 heavy (non-hydrogen) atoms. The number of hydrogen-bond acceptors (Lipinski definition) is 5. The van der Waals surface area contributed by atoms with E-state index in [-0.39, 0.29) is 12.5 Å². The molecule has 0 N–H and O–H groups in total. The summed E-state index contributed by atoms with van der Waals surface area (Å²) in [6.07, 6.45) is 0. The average molecular weight is 420 g/mol. The van der Waals surface area contributed by atoms with Gasteiger partial charge in [0.25, 0.3) is 5.91 Å². The van der Waals surface area contributed by atoms with Crippen LogP contribution in [0, 0.1) is 20.8 Å². The fraction of sp³-hybridized carbons (Fsp3) is 0.360. The van der Waals surface area contributed by atoms with Crippen molar-refractivity contribution in [3.8, 4) is 5.75 Å². The lowest BCUT2D eigenvalue weighted by molar-refractivity contribution is 0.0616. The van der Waals surface area contributed by atoms with E-state index in [4.69, 9.17) is 9.26 Å². The molecule has 2 aromatic carbocycles. The molecule has 6 nitrogen and oxygen atoms in total. The summed E-state index contributed by atoms with van der Waals surface area (Å²) < 4.78 is 11.4. The second kappa shape index (κ2) is 9.35. The molecule has 162 valence electrons. The zero-order chi connectivity index (χ0) is 21.8. The van der Waals surface area contributed by atoms with Gasteiger partial charge in [-0.25, -0.2) is 0 Å². The van der Waals surface area contributed by atoms with E-state index in [0.717, 1.165) is 42.1 Å². The summed E-state index contributed by atoms with van der Waals surface area (Å²) in [5.74, 6) is 1.38. The molecule has 0 bridgehead atoms. The molecule has 1 saturated heterocycles. The first-order valence-corrected chi connectivity index (χ1v) is 10.7. The molecule has 0 radical (unpaired) electrons. The number of nitrogens with zero attached hydrogens (tertiary/aromatic N) is 3. The predicted octanol–water partition coefficient (Wildman–Crippen LogP) is 4.14. The van der Waals surface area contributed by atoms with Crippen molar-refractivity contribution < 1.29 is 14.1 Å². The standard InChI is InChI=1S/C25H29N3O3/c1-18-8-7-9-19(2)24(18)30-17-22-20(3)31-26-23(22)25(29)28-14-12-27(13-15-28)16-21-10-5-4-6-11-21/h4-11H,12-17H2,1-3H3. The number of ether oxygens (including phenoxy) is 1. The Labute approximate surface area is 183 Å². The number of aromatic nitrogens is 1. The molecule has 4 rings (SSSR count). The Balaban J connectivity index is 1.39. The van der Waals surface area contributed by atoms with Gasteiger partial charge in [0.2, 0.25) is 0 Å². The van der Waals surface area contributed by atoms with Crippen molar-refractivity contribution in [2.45, 2.75) is 33.9 Å². The molecule has 1 aliphatic heterocycles. The lowest BCUT2D eigenvalue weighted by Gasteiger charge is -2.34. The molecule has 1 fully saturated rings. The zero-order valence-corrected chi connectivity index (χ0v) is 18.4. The number of piperazine rings is 1. The van der Waals surface area contributed by atoms with Gasteiger partial charge in [0.15, 0.2) is 5.69 Å². The van der Waals surface area contributed by atoms with Gasteiger partial charge in [-0.1, -0.05) is 53.7 Å². The number of para-hydroxylation sites is 1. The lowest BCUT2D eigenvalue weighted by atomic mass is 10.1. The number of amides is 1. The third-order valence-electron chi connectivity index (χ3n) is 5.87. The van der Waals surface area contributed by atoms with Gasteiger partial charge in [0.05, 0.1) is 5.56 Å². The SMILES string of the molecule is Cc1cccc(C)c1OCc1c(C(=O)N2CCN(Cc3ccccc3)CC2)noc1C. The van der Waals surface area contributed by atoms with E-state index in [0.29, 0.717) is 24.5 Å². The van der Waals surface area contributed by atoms with Crippen molar-refractivity contribution in [1.82, 2.24) is 15.0 Å². The molecule has 0 unspecified atom stereocenters. The second-order valence-corrected chi connectivity index (χ2v) is 8.13. The Morgan fingerprint density at radius 1 is 0.968 bits per heavy atom. The molecule has 3 aromatic rings. The number of benzene rings is 2. The largest absolute Gasteiger partial charge is 0.488 e. The first-order chi connectivity index (χ1) is 15.0. The Morgan fingerprint density at radius 2 is 1.65 bits per heavy atom. The first-order valence-electron chi connectivity index (χ1n) is 10.7. The molecular formula is C25H29N3O3. The Bertz CT molecular complexity index is 1020. The molecule has 1 aromatic heterocycles. The maximum atomic E-state index is 13.2. The van der Waals surface area contributed by atoms with Crippen LogP contribution in [0.15, 0.2) is 53.1 Å². The Morgan fingerprint density at radius 3 is 2.32 bits per heavy atom. The van der Waals surface area contributed by atoms with Crippen LogP contribution in [0.5, 0.6) is 5.75 Å². The van der Waals surface area contributed by atoms with Gasteiger partial charge in [-0.05, 0) is 37.5 Å². The van der Waals surface area contributed by atoms with E-state index in [2.05, 4.69) is 34.3 Å². The third-order valence-corrected chi connectivity index (χ3v) is 5.87. The number of carbonyl (C=O) groups excluding carboxylic acids is 1. The first kappa shape index (κ1) is 21.1. The fourth-order valence-electron chi connectivity index (χ4n) is 4.00. The van der Waals surface area contributed by atoms with Crippen LogP contribution in [0.25, 0.3) is 0 Å². The molecule has 1 amide bonds. The molecule has 0 atom stereocenters. The highest BCUT2D eigenvalue weighted by Gasteiger charge is 2.28. The summed E-state index contributed by atoms with van der Waals surface area (Å²) in [5.41, 5.74) is 4.51. The monoisotopic (exact) mass is 419 g/mol. The quantitative estimate of drug-likeness (QED) is 0.601. The van der Waals surface area contributed by atoms with E-state index in [1.165, 1.54) is 5.56 Å². The predicted molar refractivity (Wildman–Crippen MR) is 119 cm³/mol. The van der Waals surface area contributed by atoms with Crippen molar-refractivity contribution in [2.75, 3.05) is 26.2 Å². The summed E-state index contributed by atoms with van der Waals surface area (Å²) in [5, 5.41) is 4.07. The molecule has 1 aliphatic rings. The average Bonchev–Trinajstić information content (AvgIpc) is 3.14. The van der Waals surface area contributed by atoms with E-state index < -0.39 is 0 Å². The minimum Gasteiger partial charge on any atom is -0.488 e. The van der Waals surface area contributed by atoms with Crippen molar-refractivity contribution in [1.29, 1.82) is 0 Å². The lowest BCUT2D eigenvalue weighted by Crippen LogP contribution is -2.48. The van der Waals surface area contributed by atoms with Gasteiger partial charge in [-0.3, -0.25) is 9.69 Å². The molecular weight excluding hydrogens is 390 g/mol. The normalized spacial score (nSPS) is 14.6. The number of carbonyl (C=O) groups is 1. The van der Waals surface area contributed by atoms with Gasteiger partial charge >= 0.3 is 0 Å². The number of rotatable bonds is 6. The molecule has 0 spiro atoms. The molecule has 0 saturated carbocycles. The van der Waals surface area contributed by atoms with E-state index in [9.17, 15) is 4.79 Å². The molecule has 0 aliphatic carbocycles. The summed E-state index contributed by atoms with van der Waals surface area (Å²) in [4.78, 5) is 17.4. The van der Waals surface area contributed by atoms with E-state index in [1.807, 2.05) is 49.9 Å². The van der Waals surface area contributed by atoms with Crippen LogP contribution in [0.3, 0.4) is 0 Å². The van der Waals surface area contributed by atoms with Crippen LogP contribution < -0.4 is 4.74 Å². The van der Waals surface area contributed by atoms with Crippen LogP contribution >= 0.6 is 0 Å². The molecule has 2 heterocycles. The van der Waals surface area contributed by atoms with Crippen LogP contribution in [-0.2, 0) is 13.2 Å². The number of aryl methyl sites for hydroxylation is 3. The minimum atomic E-state index is -0.0867. The van der Waals surface area contributed by atoms with Gasteiger partial charge in [-0.15, -0.1) is 0 Å². The maximum Gasteiger partial charge on any atom is 0.276 e. The highest BCUT2D eigenvalue weighted by molar-refractivity contribution is 5.93. The van der Waals surface area contributed by atoms with Crippen molar-refractivity contribution in [3.63, 3.8) is 0 Å². The Kier molecular flexibility index (Phi) is 6.37.